The Morgan fingerprint density at radius 3 is 3.04 bits per heavy atom. The van der Waals surface area contributed by atoms with Crippen LogP contribution in [0.25, 0.3) is 0 Å². The summed E-state index contributed by atoms with van der Waals surface area (Å²) in [6.07, 6.45) is 8.92. The normalized spacial score (nSPS) is 19.6. The molecule has 2 amide bonds. The molecule has 0 aromatic carbocycles. The van der Waals surface area contributed by atoms with Crippen LogP contribution in [0.3, 0.4) is 0 Å². The summed E-state index contributed by atoms with van der Waals surface area (Å²) >= 11 is 0. The maximum Gasteiger partial charge on any atom is 0.289 e. The van der Waals surface area contributed by atoms with Crippen molar-refractivity contribution in [1.82, 2.24) is 20.4 Å². The van der Waals surface area contributed by atoms with Crippen LogP contribution in [0.5, 0.6) is 0 Å². The Bertz CT molecular complexity index is 796. The number of piperidine rings is 1. The first kappa shape index (κ1) is 17.8. The highest BCUT2D eigenvalue weighted by Crippen LogP contribution is 2.23. The highest BCUT2D eigenvalue weighted by Gasteiger charge is 2.27. The third-order valence-corrected chi connectivity index (χ3v) is 5.54. The van der Waals surface area contributed by atoms with Crippen LogP contribution in [-0.2, 0) is 24.1 Å². The van der Waals surface area contributed by atoms with Crippen LogP contribution >= 0.6 is 0 Å². The van der Waals surface area contributed by atoms with E-state index in [1.54, 1.807) is 17.0 Å². The maximum absolute atomic E-state index is 12.4. The Hall–Kier alpha value is -2.57. The van der Waals surface area contributed by atoms with Gasteiger partial charge in [0, 0.05) is 37.7 Å². The van der Waals surface area contributed by atoms with Crippen LogP contribution < -0.4 is 5.32 Å². The zero-order valence-corrected chi connectivity index (χ0v) is 15.5. The van der Waals surface area contributed by atoms with Crippen molar-refractivity contribution in [2.24, 2.45) is 0 Å². The highest BCUT2D eigenvalue weighted by atomic mass is 16.3. The average Bonchev–Trinajstić information content (AvgIpc) is 3.36. The molecule has 1 atom stereocenters. The molecule has 7 nitrogen and oxygen atoms in total. The van der Waals surface area contributed by atoms with Crippen molar-refractivity contribution in [3.63, 3.8) is 0 Å². The molecule has 0 saturated carbocycles. The van der Waals surface area contributed by atoms with Crippen molar-refractivity contribution >= 4 is 11.8 Å². The predicted molar refractivity (Wildman–Crippen MR) is 99.3 cm³/mol. The molecule has 7 heteroatoms. The van der Waals surface area contributed by atoms with Gasteiger partial charge in [-0.15, -0.1) is 0 Å². The molecule has 1 fully saturated rings. The van der Waals surface area contributed by atoms with E-state index in [9.17, 15) is 9.59 Å². The number of hydrogen-bond acceptors (Lipinski definition) is 4. The van der Waals surface area contributed by atoms with E-state index >= 15 is 0 Å². The van der Waals surface area contributed by atoms with E-state index in [0.29, 0.717) is 31.7 Å². The van der Waals surface area contributed by atoms with Crippen molar-refractivity contribution in [2.45, 2.75) is 57.4 Å². The van der Waals surface area contributed by atoms with Gasteiger partial charge in [-0.1, -0.05) is 0 Å². The number of carbonyl (C=O) groups excluding carboxylic acids is 2. The Labute approximate surface area is 158 Å². The summed E-state index contributed by atoms with van der Waals surface area (Å²) in [5.41, 5.74) is 3.61. The average molecular weight is 370 g/mol. The SMILES string of the molecule is O=C(CCc1n[nH]c2c1CCCC2)N[C@@H]1CCCN(C(=O)c2ccco2)C1. The van der Waals surface area contributed by atoms with E-state index in [1.807, 2.05) is 0 Å². The first-order chi connectivity index (χ1) is 13.2. The van der Waals surface area contributed by atoms with Crippen molar-refractivity contribution in [1.29, 1.82) is 0 Å². The summed E-state index contributed by atoms with van der Waals surface area (Å²) in [4.78, 5) is 26.6. The van der Waals surface area contributed by atoms with Gasteiger partial charge in [-0.2, -0.15) is 5.10 Å². The minimum absolute atomic E-state index is 0.00161. The topological polar surface area (TPSA) is 91.2 Å². The second-order valence-corrected chi connectivity index (χ2v) is 7.47. The lowest BCUT2D eigenvalue weighted by Crippen LogP contribution is -2.49. The zero-order valence-electron chi connectivity index (χ0n) is 15.5. The van der Waals surface area contributed by atoms with Gasteiger partial charge < -0.3 is 14.6 Å². The lowest BCUT2D eigenvalue weighted by atomic mass is 9.94. The van der Waals surface area contributed by atoms with Gasteiger partial charge in [0.2, 0.25) is 5.91 Å². The number of likely N-dealkylation sites (tertiary alicyclic amines) is 1. The van der Waals surface area contributed by atoms with Crippen LogP contribution in [0.1, 0.15) is 59.6 Å². The van der Waals surface area contributed by atoms with E-state index in [-0.39, 0.29) is 17.9 Å². The number of furan rings is 1. The van der Waals surface area contributed by atoms with Crippen LogP contribution in [0.15, 0.2) is 22.8 Å². The molecule has 27 heavy (non-hydrogen) atoms. The van der Waals surface area contributed by atoms with Crippen molar-refractivity contribution < 1.29 is 14.0 Å². The molecule has 144 valence electrons. The summed E-state index contributed by atoms with van der Waals surface area (Å²) in [7, 11) is 0. The largest absolute Gasteiger partial charge is 0.459 e. The number of aryl methyl sites for hydroxylation is 2. The van der Waals surface area contributed by atoms with Crippen LogP contribution in [-0.4, -0.2) is 46.0 Å². The standard InChI is InChI=1S/C20H26N4O3/c25-19(10-9-17-15-6-1-2-7-16(15)22-23-17)21-14-5-3-11-24(13-14)20(26)18-8-4-12-27-18/h4,8,12,14H,1-3,5-7,9-11,13H2,(H,21,25)(H,22,23)/t14-/m1/s1. The number of fused-ring (bicyclic) bond motifs is 1. The van der Waals surface area contributed by atoms with E-state index < -0.39 is 0 Å². The Morgan fingerprint density at radius 1 is 1.30 bits per heavy atom. The Kier molecular flexibility index (Phi) is 5.27. The number of nitrogens with one attached hydrogen (secondary N) is 2. The Balaban J connectivity index is 1.28. The molecule has 2 N–H and O–H groups in total. The monoisotopic (exact) mass is 370 g/mol. The third-order valence-electron chi connectivity index (χ3n) is 5.54. The number of carbonyl (C=O) groups is 2. The Morgan fingerprint density at radius 2 is 2.19 bits per heavy atom. The number of aromatic amines is 1. The molecule has 3 heterocycles. The maximum atomic E-state index is 12.4. The van der Waals surface area contributed by atoms with Crippen LogP contribution in [0.2, 0.25) is 0 Å². The van der Waals surface area contributed by atoms with Crippen LogP contribution in [0.4, 0.5) is 0 Å². The zero-order chi connectivity index (χ0) is 18.6. The van der Waals surface area contributed by atoms with E-state index in [1.165, 1.54) is 30.4 Å². The summed E-state index contributed by atoms with van der Waals surface area (Å²) in [5, 5.41) is 10.6. The fraction of sp³-hybridized carbons (Fsp3) is 0.550. The summed E-state index contributed by atoms with van der Waals surface area (Å²) in [5.74, 6) is 0.271. The molecule has 0 spiro atoms. The molecule has 2 aromatic rings. The van der Waals surface area contributed by atoms with Crippen LogP contribution in [0, 0.1) is 0 Å². The lowest BCUT2D eigenvalue weighted by Gasteiger charge is -2.32. The number of amides is 2. The van der Waals surface area contributed by atoms with E-state index in [2.05, 4.69) is 15.5 Å². The van der Waals surface area contributed by atoms with Crippen molar-refractivity contribution in [3.05, 3.63) is 41.1 Å². The molecule has 0 radical (unpaired) electrons. The fourth-order valence-electron chi connectivity index (χ4n) is 4.12. The van der Waals surface area contributed by atoms with E-state index in [0.717, 1.165) is 31.4 Å². The van der Waals surface area contributed by atoms with Gasteiger partial charge in [0.05, 0.1) is 12.0 Å². The lowest BCUT2D eigenvalue weighted by molar-refractivity contribution is -0.122. The summed E-state index contributed by atoms with van der Waals surface area (Å²) in [6.45, 7) is 1.23. The van der Waals surface area contributed by atoms with E-state index in [4.69, 9.17) is 4.42 Å². The van der Waals surface area contributed by atoms with Crippen molar-refractivity contribution in [2.75, 3.05) is 13.1 Å². The smallest absolute Gasteiger partial charge is 0.289 e. The molecule has 1 saturated heterocycles. The van der Waals surface area contributed by atoms with Gasteiger partial charge in [-0.25, -0.2) is 0 Å². The molecule has 2 aliphatic rings. The summed E-state index contributed by atoms with van der Waals surface area (Å²) < 4.78 is 5.20. The molecular weight excluding hydrogens is 344 g/mol. The fourth-order valence-corrected chi connectivity index (χ4v) is 4.12. The quantitative estimate of drug-likeness (QED) is 0.844. The molecule has 0 unspecified atom stereocenters. The van der Waals surface area contributed by atoms with Gasteiger partial charge in [0.15, 0.2) is 5.76 Å². The molecule has 0 bridgehead atoms. The van der Waals surface area contributed by atoms with Gasteiger partial charge in [-0.05, 0) is 56.2 Å². The number of nitrogens with zero attached hydrogens (tertiary/aromatic N) is 2. The molecule has 4 rings (SSSR count). The molecule has 2 aromatic heterocycles. The first-order valence-electron chi connectivity index (χ1n) is 9.88. The number of hydrogen-bond donors (Lipinski definition) is 2. The number of aromatic nitrogens is 2. The molecular formula is C20H26N4O3. The third kappa shape index (κ3) is 4.07. The second-order valence-electron chi connectivity index (χ2n) is 7.47. The first-order valence-corrected chi connectivity index (χ1v) is 9.88. The van der Waals surface area contributed by atoms with Gasteiger partial charge in [0.1, 0.15) is 0 Å². The molecule has 1 aliphatic carbocycles. The number of rotatable bonds is 5. The minimum atomic E-state index is -0.109. The second kappa shape index (κ2) is 7.98. The number of H-pyrrole nitrogens is 1. The predicted octanol–water partition coefficient (Wildman–Crippen LogP) is 2.24. The van der Waals surface area contributed by atoms with Gasteiger partial charge >= 0.3 is 0 Å². The van der Waals surface area contributed by atoms with Gasteiger partial charge in [0.25, 0.3) is 5.91 Å². The highest BCUT2D eigenvalue weighted by molar-refractivity contribution is 5.91. The molecule has 1 aliphatic heterocycles. The summed E-state index contributed by atoms with van der Waals surface area (Å²) in [6, 6.07) is 3.39. The van der Waals surface area contributed by atoms with Gasteiger partial charge in [-0.3, -0.25) is 14.7 Å². The van der Waals surface area contributed by atoms with Crippen molar-refractivity contribution in [3.8, 4) is 0 Å². The minimum Gasteiger partial charge on any atom is -0.459 e.